The lowest BCUT2D eigenvalue weighted by molar-refractivity contribution is -0.116. The number of anilines is 2. The Morgan fingerprint density at radius 2 is 1.95 bits per heavy atom. The van der Waals surface area contributed by atoms with Crippen molar-refractivity contribution in [2.45, 2.75) is 12.8 Å². The molecular formula is C13H18ClN3O3. The molecule has 1 aromatic rings. The van der Waals surface area contributed by atoms with Crippen LogP contribution in [0.1, 0.15) is 12.8 Å². The van der Waals surface area contributed by atoms with Crippen molar-refractivity contribution in [3.05, 3.63) is 18.2 Å². The third-order valence-electron chi connectivity index (χ3n) is 2.50. The van der Waals surface area contributed by atoms with Crippen LogP contribution in [0.3, 0.4) is 0 Å². The van der Waals surface area contributed by atoms with Gasteiger partial charge in [-0.2, -0.15) is 0 Å². The lowest BCUT2D eigenvalue weighted by Crippen LogP contribution is -2.17. The fourth-order valence-corrected chi connectivity index (χ4v) is 1.59. The molecule has 0 bridgehead atoms. The van der Waals surface area contributed by atoms with E-state index in [1.807, 2.05) is 0 Å². The number of carbonyl (C=O) groups is 2. The van der Waals surface area contributed by atoms with E-state index < -0.39 is 0 Å². The Bertz CT molecular complexity index is 480. The maximum absolute atomic E-state index is 11.7. The molecule has 0 atom stereocenters. The molecule has 0 fully saturated rings. The minimum Gasteiger partial charge on any atom is -0.497 e. The molecule has 6 nitrogen and oxygen atoms in total. The number of rotatable bonds is 7. The fraction of sp³-hybridized carbons (Fsp3) is 0.385. The van der Waals surface area contributed by atoms with Crippen LogP contribution >= 0.6 is 11.6 Å². The van der Waals surface area contributed by atoms with Gasteiger partial charge in [0.05, 0.1) is 18.5 Å². The van der Waals surface area contributed by atoms with Crippen LogP contribution in [0.5, 0.6) is 5.75 Å². The van der Waals surface area contributed by atoms with Crippen molar-refractivity contribution in [1.29, 1.82) is 0 Å². The molecule has 0 aliphatic carbocycles. The van der Waals surface area contributed by atoms with Crippen molar-refractivity contribution in [3.8, 4) is 5.75 Å². The molecule has 0 spiro atoms. The van der Waals surface area contributed by atoms with E-state index in [0.717, 1.165) is 0 Å². The zero-order chi connectivity index (χ0) is 15.0. The van der Waals surface area contributed by atoms with Gasteiger partial charge in [0.2, 0.25) is 11.8 Å². The third kappa shape index (κ3) is 5.07. The van der Waals surface area contributed by atoms with Gasteiger partial charge in [-0.3, -0.25) is 9.59 Å². The van der Waals surface area contributed by atoms with Crippen LogP contribution in [0.4, 0.5) is 11.4 Å². The van der Waals surface area contributed by atoms with Crippen LogP contribution < -0.4 is 21.1 Å². The summed E-state index contributed by atoms with van der Waals surface area (Å²) in [7, 11) is 1.52. The first-order valence-electron chi connectivity index (χ1n) is 6.14. The molecule has 0 saturated carbocycles. The van der Waals surface area contributed by atoms with Crippen molar-refractivity contribution in [1.82, 2.24) is 0 Å². The Morgan fingerprint density at radius 3 is 2.55 bits per heavy atom. The van der Waals surface area contributed by atoms with Crippen LogP contribution in [0, 0.1) is 0 Å². The molecule has 0 saturated heterocycles. The third-order valence-corrected chi connectivity index (χ3v) is 2.75. The van der Waals surface area contributed by atoms with Crippen LogP contribution in [-0.2, 0) is 9.59 Å². The van der Waals surface area contributed by atoms with Gasteiger partial charge in [-0.1, -0.05) is 0 Å². The Labute approximate surface area is 122 Å². The number of nitrogens with two attached hydrogens (primary N) is 1. The van der Waals surface area contributed by atoms with Crippen molar-refractivity contribution >= 4 is 34.8 Å². The number of halogens is 1. The Hall–Kier alpha value is -1.79. The molecule has 1 rings (SSSR count). The van der Waals surface area contributed by atoms with Gasteiger partial charge in [0, 0.05) is 12.5 Å². The molecule has 0 aromatic heterocycles. The summed E-state index contributed by atoms with van der Waals surface area (Å²) in [6.45, 7) is 0.446. The zero-order valence-electron chi connectivity index (χ0n) is 11.2. The lowest BCUT2D eigenvalue weighted by atomic mass is 10.2. The highest BCUT2D eigenvalue weighted by Gasteiger charge is 2.10. The van der Waals surface area contributed by atoms with Gasteiger partial charge in [0.15, 0.2) is 0 Å². The van der Waals surface area contributed by atoms with Crippen LogP contribution in [0.15, 0.2) is 18.2 Å². The van der Waals surface area contributed by atoms with Crippen LogP contribution in [0.25, 0.3) is 0 Å². The SMILES string of the molecule is COc1ccc(NC(=O)CCl)c(NC(=O)CCCN)c1. The van der Waals surface area contributed by atoms with Gasteiger partial charge in [0.25, 0.3) is 0 Å². The minimum atomic E-state index is -0.353. The van der Waals surface area contributed by atoms with Gasteiger partial charge in [-0.05, 0) is 25.1 Å². The maximum Gasteiger partial charge on any atom is 0.239 e. The molecule has 0 aliphatic rings. The molecule has 0 aliphatic heterocycles. The predicted molar refractivity (Wildman–Crippen MR) is 79.3 cm³/mol. The van der Waals surface area contributed by atoms with E-state index in [2.05, 4.69) is 10.6 Å². The minimum absolute atomic E-state index is 0.160. The number of carbonyl (C=O) groups excluding carboxylic acids is 2. The number of hydrogen-bond donors (Lipinski definition) is 3. The maximum atomic E-state index is 11.7. The topological polar surface area (TPSA) is 93.5 Å². The summed E-state index contributed by atoms with van der Waals surface area (Å²) in [5, 5.41) is 5.32. The van der Waals surface area contributed by atoms with Gasteiger partial charge < -0.3 is 21.1 Å². The molecule has 0 unspecified atom stereocenters. The number of alkyl halides is 1. The average Bonchev–Trinajstić information content (AvgIpc) is 2.46. The predicted octanol–water partition coefficient (Wildman–Crippen LogP) is 1.55. The molecule has 110 valence electrons. The molecule has 0 heterocycles. The van der Waals surface area contributed by atoms with E-state index >= 15 is 0 Å². The van der Waals surface area contributed by atoms with Crippen LogP contribution in [0.2, 0.25) is 0 Å². The van der Waals surface area contributed by atoms with Crippen molar-refractivity contribution in [2.75, 3.05) is 30.2 Å². The van der Waals surface area contributed by atoms with E-state index in [1.165, 1.54) is 7.11 Å². The van der Waals surface area contributed by atoms with Crippen molar-refractivity contribution in [2.24, 2.45) is 5.73 Å². The van der Waals surface area contributed by atoms with Gasteiger partial charge in [0.1, 0.15) is 11.6 Å². The molecule has 20 heavy (non-hydrogen) atoms. The van der Waals surface area contributed by atoms with Crippen molar-refractivity contribution in [3.63, 3.8) is 0 Å². The van der Waals surface area contributed by atoms with Gasteiger partial charge >= 0.3 is 0 Å². The normalized spacial score (nSPS) is 9.95. The standard InChI is InChI=1S/C13H18ClN3O3/c1-20-9-4-5-10(16-13(19)8-14)11(7-9)17-12(18)3-2-6-15/h4-5,7H,2-3,6,8,15H2,1H3,(H,16,19)(H,17,18). The first kappa shape index (κ1) is 16.3. The second kappa shape index (κ2) is 8.39. The van der Waals surface area contributed by atoms with E-state index in [9.17, 15) is 9.59 Å². The monoisotopic (exact) mass is 299 g/mol. The molecule has 4 N–H and O–H groups in total. The van der Waals surface area contributed by atoms with E-state index in [0.29, 0.717) is 36.5 Å². The van der Waals surface area contributed by atoms with E-state index in [4.69, 9.17) is 22.1 Å². The van der Waals surface area contributed by atoms with Gasteiger partial charge in [-0.25, -0.2) is 0 Å². The quantitative estimate of drug-likeness (QED) is 0.666. The molecule has 0 radical (unpaired) electrons. The zero-order valence-corrected chi connectivity index (χ0v) is 12.0. The Kier molecular flexibility index (Phi) is 6.83. The smallest absolute Gasteiger partial charge is 0.239 e. The number of benzene rings is 1. The number of nitrogens with one attached hydrogen (secondary N) is 2. The number of ether oxygens (including phenoxy) is 1. The summed E-state index contributed by atoms with van der Waals surface area (Å²) >= 11 is 5.45. The molecule has 1 aromatic carbocycles. The summed E-state index contributed by atoms with van der Waals surface area (Å²) in [4.78, 5) is 23.1. The van der Waals surface area contributed by atoms with E-state index in [-0.39, 0.29) is 17.7 Å². The highest BCUT2D eigenvalue weighted by molar-refractivity contribution is 6.29. The first-order valence-corrected chi connectivity index (χ1v) is 6.68. The molecular weight excluding hydrogens is 282 g/mol. The second-order valence-corrected chi connectivity index (χ2v) is 4.30. The molecule has 2 amide bonds. The molecule has 7 heteroatoms. The highest BCUT2D eigenvalue weighted by Crippen LogP contribution is 2.27. The summed E-state index contributed by atoms with van der Waals surface area (Å²) in [5.41, 5.74) is 6.29. The number of hydrogen-bond acceptors (Lipinski definition) is 4. The fourth-order valence-electron chi connectivity index (χ4n) is 1.52. The summed E-state index contributed by atoms with van der Waals surface area (Å²) in [6, 6.07) is 4.95. The van der Waals surface area contributed by atoms with Crippen LogP contribution in [-0.4, -0.2) is 31.3 Å². The average molecular weight is 300 g/mol. The lowest BCUT2D eigenvalue weighted by Gasteiger charge is -2.13. The largest absolute Gasteiger partial charge is 0.497 e. The van der Waals surface area contributed by atoms with E-state index in [1.54, 1.807) is 18.2 Å². The first-order chi connectivity index (χ1) is 9.60. The highest BCUT2D eigenvalue weighted by atomic mass is 35.5. The second-order valence-electron chi connectivity index (χ2n) is 4.03. The summed E-state index contributed by atoms with van der Waals surface area (Å²) in [6.07, 6.45) is 0.912. The summed E-state index contributed by atoms with van der Waals surface area (Å²) in [5.74, 6) is -0.116. The number of methoxy groups -OCH3 is 1. The number of amides is 2. The van der Waals surface area contributed by atoms with Crippen molar-refractivity contribution < 1.29 is 14.3 Å². The van der Waals surface area contributed by atoms with Gasteiger partial charge in [-0.15, -0.1) is 11.6 Å². The Balaban J connectivity index is 2.88. The Morgan fingerprint density at radius 1 is 1.25 bits per heavy atom. The summed E-state index contributed by atoms with van der Waals surface area (Å²) < 4.78 is 5.09.